The molecule has 1 amide bonds. The van der Waals surface area contributed by atoms with Crippen LogP contribution < -0.4 is 4.90 Å². The number of halogens is 1. The zero-order valence-corrected chi connectivity index (χ0v) is 16.7. The number of amides is 1. The van der Waals surface area contributed by atoms with E-state index < -0.39 is 22.6 Å². The minimum absolute atomic E-state index is 0.0856. The van der Waals surface area contributed by atoms with E-state index in [1.54, 1.807) is 11.8 Å². The fourth-order valence-corrected chi connectivity index (χ4v) is 3.36. The molecule has 0 radical (unpaired) electrons. The molecule has 1 aliphatic heterocycles. The van der Waals surface area contributed by atoms with Crippen molar-refractivity contribution in [2.24, 2.45) is 0 Å². The maximum atomic E-state index is 14.2. The first kappa shape index (κ1) is 21.7. The van der Waals surface area contributed by atoms with Gasteiger partial charge in [-0.25, -0.2) is 9.18 Å². The molecule has 0 N–H and O–H groups in total. The first-order valence-electron chi connectivity index (χ1n) is 9.55. The molecule has 0 bridgehead atoms. The summed E-state index contributed by atoms with van der Waals surface area (Å²) in [6.07, 6.45) is 0. The highest BCUT2D eigenvalue weighted by Gasteiger charge is 2.28. The van der Waals surface area contributed by atoms with Crippen LogP contribution in [-0.2, 0) is 4.74 Å². The Morgan fingerprint density at radius 2 is 1.90 bits per heavy atom. The fourth-order valence-electron chi connectivity index (χ4n) is 3.36. The van der Waals surface area contributed by atoms with Gasteiger partial charge in [0.05, 0.1) is 34.3 Å². The molecular formula is C21H19FN4O5. The van der Waals surface area contributed by atoms with E-state index in [1.807, 2.05) is 6.07 Å². The Hall–Kier alpha value is -4.00. The van der Waals surface area contributed by atoms with Gasteiger partial charge in [0.1, 0.15) is 11.5 Å². The summed E-state index contributed by atoms with van der Waals surface area (Å²) >= 11 is 0. The summed E-state index contributed by atoms with van der Waals surface area (Å²) in [6, 6.07) is 9.61. The number of piperazine rings is 1. The third-order valence-electron chi connectivity index (χ3n) is 4.92. The molecule has 0 spiro atoms. The summed E-state index contributed by atoms with van der Waals surface area (Å²) in [4.78, 5) is 38.7. The van der Waals surface area contributed by atoms with Crippen LogP contribution >= 0.6 is 0 Å². The Morgan fingerprint density at radius 1 is 1.19 bits per heavy atom. The van der Waals surface area contributed by atoms with Crippen LogP contribution in [-0.4, -0.2) is 54.5 Å². The molecule has 1 saturated heterocycles. The van der Waals surface area contributed by atoms with Crippen molar-refractivity contribution in [2.45, 2.75) is 6.92 Å². The maximum Gasteiger partial charge on any atom is 0.338 e. The van der Waals surface area contributed by atoms with Crippen LogP contribution in [0.1, 0.15) is 33.2 Å². The Balaban J connectivity index is 1.74. The van der Waals surface area contributed by atoms with Gasteiger partial charge in [0.25, 0.3) is 11.6 Å². The van der Waals surface area contributed by atoms with Gasteiger partial charge < -0.3 is 14.5 Å². The lowest BCUT2D eigenvalue weighted by atomic mass is 10.1. The van der Waals surface area contributed by atoms with Gasteiger partial charge in [-0.1, -0.05) is 0 Å². The number of carbonyl (C=O) groups is 2. The molecule has 31 heavy (non-hydrogen) atoms. The van der Waals surface area contributed by atoms with Crippen molar-refractivity contribution in [1.29, 1.82) is 5.26 Å². The van der Waals surface area contributed by atoms with Crippen LogP contribution in [0.15, 0.2) is 36.4 Å². The van der Waals surface area contributed by atoms with E-state index in [0.717, 1.165) is 6.07 Å². The Morgan fingerprint density at radius 3 is 2.48 bits per heavy atom. The predicted octanol–water partition coefficient (Wildman–Crippen LogP) is 2.74. The normalized spacial score (nSPS) is 13.5. The molecule has 1 aliphatic rings. The van der Waals surface area contributed by atoms with Gasteiger partial charge in [-0.15, -0.1) is 0 Å². The molecule has 0 aromatic heterocycles. The average Bonchev–Trinajstić information content (AvgIpc) is 2.78. The highest BCUT2D eigenvalue weighted by atomic mass is 19.1. The second-order valence-electron chi connectivity index (χ2n) is 6.77. The van der Waals surface area contributed by atoms with E-state index in [-0.39, 0.29) is 42.1 Å². The molecule has 160 valence electrons. The van der Waals surface area contributed by atoms with Gasteiger partial charge in [-0.2, -0.15) is 5.26 Å². The SMILES string of the molecule is CCOC(=O)c1ccc(N2CCN(C(=O)c3ccc(C#N)cc3F)CC2)c([N+](=O)[O-])c1. The average molecular weight is 426 g/mol. The van der Waals surface area contributed by atoms with Gasteiger partial charge in [0.2, 0.25) is 0 Å². The lowest BCUT2D eigenvalue weighted by Crippen LogP contribution is -2.49. The van der Waals surface area contributed by atoms with Crippen LogP contribution in [0.4, 0.5) is 15.8 Å². The first-order chi connectivity index (χ1) is 14.8. The van der Waals surface area contributed by atoms with Crippen molar-refractivity contribution in [3.05, 3.63) is 69.0 Å². The molecule has 0 atom stereocenters. The molecule has 3 rings (SSSR count). The van der Waals surface area contributed by atoms with E-state index >= 15 is 0 Å². The molecule has 0 unspecified atom stereocenters. The van der Waals surface area contributed by atoms with Gasteiger partial charge in [0.15, 0.2) is 0 Å². The summed E-state index contributed by atoms with van der Waals surface area (Å²) in [5, 5.41) is 20.4. The van der Waals surface area contributed by atoms with Crippen LogP contribution in [0.25, 0.3) is 0 Å². The first-order valence-corrected chi connectivity index (χ1v) is 9.55. The van der Waals surface area contributed by atoms with Gasteiger partial charge in [0, 0.05) is 32.2 Å². The Bertz CT molecular complexity index is 1070. The minimum atomic E-state index is -0.767. The molecule has 10 heteroatoms. The molecule has 2 aromatic carbocycles. The molecule has 1 fully saturated rings. The van der Waals surface area contributed by atoms with E-state index in [4.69, 9.17) is 10.00 Å². The van der Waals surface area contributed by atoms with Crippen LogP contribution in [0.3, 0.4) is 0 Å². The summed E-state index contributed by atoms with van der Waals surface area (Å²) < 4.78 is 19.0. The monoisotopic (exact) mass is 426 g/mol. The fraction of sp³-hybridized carbons (Fsp3) is 0.286. The lowest BCUT2D eigenvalue weighted by Gasteiger charge is -2.36. The van der Waals surface area contributed by atoms with Crippen molar-refractivity contribution in [3.63, 3.8) is 0 Å². The number of nitro groups is 1. The van der Waals surface area contributed by atoms with E-state index in [0.29, 0.717) is 18.8 Å². The van der Waals surface area contributed by atoms with Crippen molar-refractivity contribution in [3.8, 4) is 6.07 Å². The lowest BCUT2D eigenvalue weighted by molar-refractivity contribution is -0.384. The van der Waals surface area contributed by atoms with Crippen molar-refractivity contribution in [1.82, 2.24) is 4.90 Å². The summed E-state index contributed by atoms with van der Waals surface area (Å²) in [7, 11) is 0. The van der Waals surface area contributed by atoms with E-state index in [1.165, 1.54) is 35.2 Å². The molecule has 1 heterocycles. The quantitative estimate of drug-likeness (QED) is 0.410. The summed E-state index contributed by atoms with van der Waals surface area (Å²) in [5.74, 6) is -1.91. The number of nitriles is 1. The predicted molar refractivity (Wildman–Crippen MR) is 108 cm³/mol. The number of ether oxygens (including phenoxy) is 1. The summed E-state index contributed by atoms with van der Waals surface area (Å²) in [5.41, 5.74) is 0.176. The standard InChI is InChI=1S/C21H19FN4O5/c1-2-31-21(28)15-4-6-18(19(12-15)26(29)30)24-7-9-25(10-8-24)20(27)16-5-3-14(13-23)11-17(16)22/h3-6,11-12H,2,7-10H2,1H3. The van der Waals surface area contributed by atoms with Gasteiger partial charge in [-0.05, 0) is 37.3 Å². The van der Waals surface area contributed by atoms with Crippen molar-refractivity contribution in [2.75, 3.05) is 37.7 Å². The number of hydrogen-bond acceptors (Lipinski definition) is 7. The van der Waals surface area contributed by atoms with Crippen molar-refractivity contribution < 1.29 is 23.6 Å². The second-order valence-corrected chi connectivity index (χ2v) is 6.77. The number of rotatable bonds is 5. The third kappa shape index (κ3) is 4.61. The van der Waals surface area contributed by atoms with Gasteiger partial charge >= 0.3 is 5.97 Å². The largest absolute Gasteiger partial charge is 0.462 e. The van der Waals surface area contributed by atoms with Crippen LogP contribution in [0, 0.1) is 27.3 Å². The third-order valence-corrected chi connectivity index (χ3v) is 4.92. The van der Waals surface area contributed by atoms with Crippen LogP contribution in [0.2, 0.25) is 0 Å². The molecule has 0 aliphatic carbocycles. The number of nitro benzene ring substituents is 1. The number of hydrogen-bond donors (Lipinski definition) is 0. The molecule has 0 saturated carbocycles. The Labute approximate surface area is 177 Å². The molecule has 2 aromatic rings. The topological polar surface area (TPSA) is 117 Å². The number of benzene rings is 2. The zero-order valence-electron chi connectivity index (χ0n) is 16.7. The minimum Gasteiger partial charge on any atom is -0.462 e. The van der Waals surface area contributed by atoms with E-state index in [2.05, 4.69) is 0 Å². The van der Waals surface area contributed by atoms with Gasteiger partial charge in [-0.3, -0.25) is 14.9 Å². The Kier molecular flexibility index (Phi) is 6.45. The zero-order chi connectivity index (χ0) is 22.5. The highest BCUT2D eigenvalue weighted by Crippen LogP contribution is 2.30. The maximum absolute atomic E-state index is 14.2. The van der Waals surface area contributed by atoms with Crippen molar-refractivity contribution >= 4 is 23.3 Å². The highest BCUT2D eigenvalue weighted by molar-refractivity contribution is 5.95. The number of esters is 1. The molecular weight excluding hydrogens is 407 g/mol. The number of nitrogens with zero attached hydrogens (tertiary/aromatic N) is 4. The second kappa shape index (κ2) is 9.21. The number of anilines is 1. The van der Waals surface area contributed by atoms with Crippen LogP contribution in [0.5, 0.6) is 0 Å². The number of carbonyl (C=O) groups excluding carboxylic acids is 2. The van der Waals surface area contributed by atoms with E-state index in [9.17, 15) is 24.1 Å². The molecule has 9 nitrogen and oxygen atoms in total. The summed E-state index contributed by atoms with van der Waals surface area (Å²) in [6.45, 7) is 2.85. The smallest absolute Gasteiger partial charge is 0.338 e.